The molecule has 1 aromatic heterocycles. The molecule has 1 aromatic rings. The maximum absolute atomic E-state index is 12.1. The second-order valence-electron chi connectivity index (χ2n) is 4.50. The number of nitrogens with one attached hydrogen (secondary N) is 1. The Kier molecular flexibility index (Phi) is 5.95. The molecule has 7 nitrogen and oxygen atoms in total. The van der Waals surface area contributed by atoms with Crippen molar-refractivity contribution in [2.75, 3.05) is 55.0 Å². The quantitative estimate of drug-likeness (QED) is 0.764. The zero-order chi connectivity index (χ0) is 15.2. The van der Waals surface area contributed by atoms with Crippen molar-refractivity contribution in [3.63, 3.8) is 0 Å². The normalized spacial score (nSPS) is 16.7. The van der Waals surface area contributed by atoms with Crippen molar-refractivity contribution in [3.8, 4) is 0 Å². The number of hydrogen-bond acceptors (Lipinski definition) is 7. The lowest BCUT2D eigenvalue weighted by molar-refractivity contribution is 0.0961. The van der Waals surface area contributed by atoms with Gasteiger partial charge >= 0.3 is 0 Å². The van der Waals surface area contributed by atoms with Crippen LogP contribution in [-0.2, 0) is 15.5 Å². The molecule has 1 aliphatic heterocycles. The molecule has 0 radical (unpaired) electrons. The van der Waals surface area contributed by atoms with Crippen LogP contribution in [0.25, 0.3) is 0 Å². The number of rotatable bonds is 6. The standard InChI is InChI=1S/C12H20N4O3S2/c1-2-21(18)8-3-14-11(17)9-10(13)15-12(20-9)16-4-6-19-7-5-16/h2-8,13H2,1H3,(H,14,17). The van der Waals surface area contributed by atoms with E-state index in [2.05, 4.69) is 15.2 Å². The van der Waals surface area contributed by atoms with Gasteiger partial charge in [-0.05, 0) is 0 Å². The molecule has 1 unspecified atom stereocenters. The van der Waals surface area contributed by atoms with E-state index in [1.54, 1.807) is 0 Å². The minimum Gasteiger partial charge on any atom is -0.382 e. The highest BCUT2D eigenvalue weighted by Gasteiger charge is 2.20. The maximum Gasteiger partial charge on any atom is 0.265 e. The molecule has 0 saturated carbocycles. The van der Waals surface area contributed by atoms with Crippen LogP contribution in [0.5, 0.6) is 0 Å². The van der Waals surface area contributed by atoms with Crippen LogP contribution in [0.2, 0.25) is 0 Å². The molecule has 2 rings (SSSR count). The summed E-state index contributed by atoms with van der Waals surface area (Å²) >= 11 is 1.29. The number of morpholine rings is 1. The first kappa shape index (κ1) is 16.2. The molecule has 1 atom stereocenters. The average Bonchev–Trinajstić information content (AvgIpc) is 2.90. The van der Waals surface area contributed by atoms with Gasteiger partial charge in [-0.15, -0.1) is 0 Å². The Labute approximate surface area is 130 Å². The lowest BCUT2D eigenvalue weighted by Crippen LogP contribution is -2.36. The van der Waals surface area contributed by atoms with Gasteiger partial charge in [-0.2, -0.15) is 0 Å². The monoisotopic (exact) mass is 332 g/mol. The van der Waals surface area contributed by atoms with Crippen molar-refractivity contribution in [3.05, 3.63) is 4.88 Å². The predicted octanol–water partition coefficient (Wildman–Crippen LogP) is 0.0603. The van der Waals surface area contributed by atoms with Crippen molar-refractivity contribution in [1.29, 1.82) is 0 Å². The highest BCUT2D eigenvalue weighted by atomic mass is 32.2. The number of carbonyl (C=O) groups is 1. The van der Waals surface area contributed by atoms with Crippen LogP contribution in [0, 0.1) is 0 Å². The number of nitrogen functional groups attached to an aromatic ring is 1. The fraction of sp³-hybridized carbons (Fsp3) is 0.667. The SMILES string of the molecule is CCS(=O)CCNC(=O)c1sc(N2CCOCC2)nc1N. The summed E-state index contributed by atoms with van der Waals surface area (Å²) in [5, 5.41) is 3.48. The van der Waals surface area contributed by atoms with Crippen LogP contribution >= 0.6 is 11.3 Å². The Bertz CT molecular complexity index is 515. The number of carbonyl (C=O) groups excluding carboxylic acids is 1. The first-order valence-corrected chi connectivity index (χ1v) is 9.14. The lowest BCUT2D eigenvalue weighted by Gasteiger charge is -2.25. The third-order valence-electron chi connectivity index (χ3n) is 3.07. The molecule has 1 fully saturated rings. The second-order valence-corrected chi connectivity index (χ2v) is 7.34. The van der Waals surface area contributed by atoms with E-state index in [0.717, 1.165) is 18.2 Å². The number of nitrogens with two attached hydrogens (primary N) is 1. The number of nitrogens with zero attached hydrogens (tertiary/aromatic N) is 2. The van der Waals surface area contributed by atoms with E-state index in [-0.39, 0.29) is 11.7 Å². The number of ether oxygens (including phenoxy) is 1. The van der Waals surface area contributed by atoms with E-state index in [9.17, 15) is 9.00 Å². The summed E-state index contributed by atoms with van der Waals surface area (Å²) in [5.41, 5.74) is 5.83. The van der Waals surface area contributed by atoms with E-state index in [0.29, 0.717) is 36.1 Å². The summed E-state index contributed by atoms with van der Waals surface area (Å²) in [5.74, 6) is 1.05. The molecule has 1 amide bonds. The molecule has 0 spiro atoms. The largest absolute Gasteiger partial charge is 0.382 e. The lowest BCUT2D eigenvalue weighted by atomic mass is 10.4. The fourth-order valence-electron chi connectivity index (χ4n) is 1.88. The van der Waals surface area contributed by atoms with Gasteiger partial charge in [-0.25, -0.2) is 4.98 Å². The summed E-state index contributed by atoms with van der Waals surface area (Å²) in [7, 11) is -0.884. The van der Waals surface area contributed by atoms with Gasteiger partial charge in [-0.3, -0.25) is 9.00 Å². The van der Waals surface area contributed by atoms with Gasteiger partial charge in [0.2, 0.25) is 0 Å². The van der Waals surface area contributed by atoms with E-state index in [4.69, 9.17) is 10.5 Å². The summed E-state index contributed by atoms with van der Waals surface area (Å²) in [6.07, 6.45) is 0. The van der Waals surface area contributed by atoms with Gasteiger partial charge in [0.25, 0.3) is 5.91 Å². The molecule has 118 valence electrons. The molecular formula is C12H20N4O3S2. The summed E-state index contributed by atoms with van der Waals surface area (Å²) < 4.78 is 16.6. The zero-order valence-corrected chi connectivity index (χ0v) is 13.6. The topological polar surface area (TPSA) is 97.5 Å². The molecule has 0 bridgehead atoms. The summed E-state index contributed by atoms with van der Waals surface area (Å²) in [6, 6.07) is 0. The smallest absolute Gasteiger partial charge is 0.265 e. The van der Waals surface area contributed by atoms with Crippen LogP contribution in [0.1, 0.15) is 16.6 Å². The molecule has 1 saturated heterocycles. The summed E-state index contributed by atoms with van der Waals surface area (Å²) in [6.45, 7) is 5.05. The molecule has 1 aliphatic rings. The van der Waals surface area contributed by atoms with Crippen molar-refractivity contribution in [1.82, 2.24) is 10.3 Å². The van der Waals surface area contributed by atoms with Crippen molar-refractivity contribution < 1.29 is 13.7 Å². The Morgan fingerprint density at radius 2 is 2.24 bits per heavy atom. The van der Waals surface area contributed by atoms with Gasteiger partial charge in [0.05, 0.1) is 13.2 Å². The highest BCUT2D eigenvalue weighted by Crippen LogP contribution is 2.28. The van der Waals surface area contributed by atoms with E-state index < -0.39 is 10.8 Å². The molecule has 2 heterocycles. The number of amides is 1. The van der Waals surface area contributed by atoms with Crippen molar-refractivity contribution in [2.45, 2.75) is 6.92 Å². The fourth-order valence-corrected chi connectivity index (χ4v) is 3.45. The first-order chi connectivity index (χ1) is 10.1. The number of aromatic nitrogens is 1. The van der Waals surface area contributed by atoms with E-state index in [1.165, 1.54) is 11.3 Å². The predicted molar refractivity (Wildman–Crippen MR) is 85.4 cm³/mol. The summed E-state index contributed by atoms with van der Waals surface area (Å²) in [4.78, 5) is 18.8. The van der Waals surface area contributed by atoms with Crippen LogP contribution in [0.3, 0.4) is 0 Å². The molecule has 0 aromatic carbocycles. The average molecular weight is 332 g/mol. The highest BCUT2D eigenvalue weighted by molar-refractivity contribution is 7.84. The Morgan fingerprint density at radius 1 is 1.52 bits per heavy atom. The van der Waals surface area contributed by atoms with Gasteiger partial charge in [0.15, 0.2) is 5.13 Å². The third-order valence-corrected chi connectivity index (χ3v) is 5.50. The molecule has 9 heteroatoms. The molecule has 21 heavy (non-hydrogen) atoms. The third kappa shape index (κ3) is 4.39. The van der Waals surface area contributed by atoms with Gasteiger partial charge in [0.1, 0.15) is 10.7 Å². The number of anilines is 2. The van der Waals surface area contributed by atoms with Crippen LogP contribution in [-0.4, -0.2) is 59.5 Å². The second kappa shape index (κ2) is 7.71. The van der Waals surface area contributed by atoms with Crippen LogP contribution in [0.15, 0.2) is 0 Å². The minimum absolute atomic E-state index is 0.246. The van der Waals surface area contributed by atoms with Gasteiger partial charge < -0.3 is 20.7 Å². The first-order valence-electron chi connectivity index (χ1n) is 6.84. The Hall–Kier alpha value is -1.19. The van der Waals surface area contributed by atoms with E-state index >= 15 is 0 Å². The number of thiazole rings is 1. The Balaban J connectivity index is 1.94. The molecule has 3 N–H and O–H groups in total. The van der Waals surface area contributed by atoms with Crippen LogP contribution in [0.4, 0.5) is 10.9 Å². The van der Waals surface area contributed by atoms with Crippen molar-refractivity contribution in [2.24, 2.45) is 0 Å². The minimum atomic E-state index is -0.884. The molecule has 0 aliphatic carbocycles. The van der Waals surface area contributed by atoms with Gasteiger partial charge in [0, 0.05) is 41.9 Å². The zero-order valence-electron chi connectivity index (χ0n) is 12.0. The maximum atomic E-state index is 12.1. The van der Waals surface area contributed by atoms with Gasteiger partial charge in [-0.1, -0.05) is 18.3 Å². The number of hydrogen-bond donors (Lipinski definition) is 2. The molecular weight excluding hydrogens is 312 g/mol. The van der Waals surface area contributed by atoms with E-state index in [1.807, 2.05) is 6.92 Å². The van der Waals surface area contributed by atoms with Crippen molar-refractivity contribution >= 4 is 39.0 Å². The van der Waals surface area contributed by atoms with Crippen LogP contribution < -0.4 is 16.0 Å². The Morgan fingerprint density at radius 3 is 2.90 bits per heavy atom.